The summed E-state index contributed by atoms with van der Waals surface area (Å²) < 4.78 is 1.84. The number of fused-ring (bicyclic) bond motifs is 1. The van der Waals surface area contributed by atoms with Gasteiger partial charge in [0.15, 0.2) is 0 Å². The molecule has 26 heavy (non-hydrogen) atoms. The average Bonchev–Trinajstić information content (AvgIpc) is 3.16. The van der Waals surface area contributed by atoms with E-state index in [1.807, 2.05) is 16.7 Å². The second-order valence-corrected chi connectivity index (χ2v) is 6.33. The van der Waals surface area contributed by atoms with Crippen molar-refractivity contribution in [3.63, 3.8) is 0 Å². The molecule has 3 aromatic rings. The van der Waals surface area contributed by atoms with Crippen molar-refractivity contribution in [2.24, 2.45) is 0 Å². The first-order valence-electron chi connectivity index (χ1n) is 8.58. The number of rotatable bonds is 3. The van der Waals surface area contributed by atoms with E-state index in [0.29, 0.717) is 11.1 Å². The fraction of sp³-hybridized carbons (Fsp3) is 0.263. The molecule has 7 heteroatoms. The van der Waals surface area contributed by atoms with E-state index in [0.717, 1.165) is 37.4 Å². The van der Waals surface area contributed by atoms with Gasteiger partial charge in [0, 0.05) is 43.9 Å². The first-order chi connectivity index (χ1) is 12.7. The molecule has 0 unspecified atom stereocenters. The number of nitriles is 1. The molecule has 7 nitrogen and oxygen atoms in total. The van der Waals surface area contributed by atoms with Crippen LogP contribution >= 0.6 is 0 Å². The Morgan fingerprint density at radius 1 is 1.19 bits per heavy atom. The summed E-state index contributed by atoms with van der Waals surface area (Å²) in [5.74, 6) is 0.653. The van der Waals surface area contributed by atoms with Crippen LogP contribution in [0.1, 0.15) is 28.8 Å². The molecule has 0 bridgehead atoms. The maximum atomic E-state index is 12.5. The van der Waals surface area contributed by atoms with Crippen LogP contribution in [0, 0.1) is 11.3 Å². The smallest absolute Gasteiger partial charge is 0.252 e. The predicted molar refractivity (Wildman–Crippen MR) is 96.8 cm³/mol. The second kappa shape index (κ2) is 6.84. The van der Waals surface area contributed by atoms with E-state index in [1.54, 1.807) is 36.8 Å². The van der Waals surface area contributed by atoms with Crippen LogP contribution < -0.4 is 10.2 Å². The summed E-state index contributed by atoms with van der Waals surface area (Å²) in [7, 11) is 0. The van der Waals surface area contributed by atoms with E-state index >= 15 is 0 Å². The van der Waals surface area contributed by atoms with E-state index in [9.17, 15) is 10.1 Å². The highest BCUT2D eigenvalue weighted by Crippen LogP contribution is 2.21. The molecule has 1 aliphatic heterocycles. The zero-order valence-corrected chi connectivity index (χ0v) is 14.2. The van der Waals surface area contributed by atoms with Crippen LogP contribution in [0.15, 0.2) is 49.1 Å². The summed E-state index contributed by atoms with van der Waals surface area (Å²) in [6.45, 7) is 1.52. The summed E-state index contributed by atoms with van der Waals surface area (Å²) in [5.41, 5.74) is 2.02. The maximum Gasteiger partial charge on any atom is 0.252 e. The van der Waals surface area contributed by atoms with Crippen molar-refractivity contribution >= 4 is 17.4 Å². The molecule has 4 heterocycles. The normalized spacial score (nSPS) is 15.0. The van der Waals surface area contributed by atoms with Gasteiger partial charge in [0.05, 0.1) is 11.1 Å². The molecule has 0 atom stereocenters. The number of nitrogens with zero attached hydrogens (tertiary/aromatic N) is 5. The molecule has 0 radical (unpaired) electrons. The largest absolute Gasteiger partial charge is 0.355 e. The molecule has 0 saturated carbocycles. The fourth-order valence-corrected chi connectivity index (χ4v) is 3.29. The summed E-state index contributed by atoms with van der Waals surface area (Å²) in [6.07, 6.45) is 8.67. The van der Waals surface area contributed by atoms with Gasteiger partial charge in [-0.1, -0.05) is 0 Å². The van der Waals surface area contributed by atoms with E-state index in [-0.39, 0.29) is 11.9 Å². The molecule has 3 aromatic heterocycles. The molecule has 1 saturated heterocycles. The van der Waals surface area contributed by atoms with Crippen molar-refractivity contribution in [1.29, 1.82) is 5.26 Å². The van der Waals surface area contributed by atoms with Gasteiger partial charge in [0.2, 0.25) is 0 Å². The topological polar surface area (TPSA) is 86.3 Å². The van der Waals surface area contributed by atoms with Gasteiger partial charge in [-0.2, -0.15) is 5.26 Å². The van der Waals surface area contributed by atoms with Crippen molar-refractivity contribution in [3.05, 3.63) is 60.2 Å². The minimum Gasteiger partial charge on any atom is -0.355 e. The average molecular weight is 346 g/mol. The van der Waals surface area contributed by atoms with E-state index in [2.05, 4.69) is 26.3 Å². The number of carbonyl (C=O) groups excluding carboxylic acids is 1. The van der Waals surface area contributed by atoms with Crippen molar-refractivity contribution in [2.45, 2.75) is 18.9 Å². The van der Waals surface area contributed by atoms with Gasteiger partial charge in [0.1, 0.15) is 17.5 Å². The number of hydrogen-bond acceptors (Lipinski definition) is 5. The Morgan fingerprint density at radius 3 is 2.85 bits per heavy atom. The number of pyridine rings is 2. The van der Waals surface area contributed by atoms with Gasteiger partial charge < -0.3 is 14.6 Å². The number of piperidine rings is 1. The first kappa shape index (κ1) is 16.1. The molecule has 0 aromatic carbocycles. The summed E-state index contributed by atoms with van der Waals surface area (Å²) >= 11 is 0. The van der Waals surface area contributed by atoms with Crippen LogP contribution in [-0.4, -0.2) is 39.4 Å². The zero-order valence-electron chi connectivity index (χ0n) is 14.2. The van der Waals surface area contributed by atoms with Crippen LogP contribution in [0.3, 0.4) is 0 Å². The predicted octanol–water partition coefficient (Wildman–Crippen LogP) is 2.00. The highest BCUT2D eigenvalue weighted by Gasteiger charge is 2.23. The summed E-state index contributed by atoms with van der Waals surface area (Å²) in [6, 6.07) is 9.48. The third-order valence-corrected chi connectivity index (χ3v) is 4.69. The standard InChI is InChI=1S/C19H18N6O/c20-12-14-2-1-7-22-18(14)24-9-5-16(6-10-24)23-19(26)15-3-4-17-21-8-11-25(17)13-15/h1-4,7-8,11,13,16H,5-6,9-10H2,(H,23,26). The monoisotopic (exact) mass is 346 g/mol. The van der Waals surface area contributed by atoms with Gasteiger partial charge in [-0.15, -0.1) is 0 Å². The van der Waals surface area contributed by atoms with Crippen molar-refractivity contribution in [3.8, 4) is 6.07 Å². The van der Waals surface area contributed by atoms with Crippen molar-refractivity contribution in [1.82, 2.24) is 19.7 Å². The molecule has 130 valence electrons. The SMILES string of the molecule is N#Cc1cccnc1N1CCC(NC(=O)c2ccc3nccn3c2)CC1. The number of amides is 1. The Kier molecular flexibility index (Phi) is 4.23. The Labute approximate surface area is 150 Å². The van der Waals surface area contributed by atoms with Crippen LogP contribution in [0.2, 0.25) is 0 Å². The van der Waals surface area contributed by atoms with Crippen LogP contribution in [0.4, 0.5) is 5.82 Å². The molecule has 0 spiro atoms. The lowest BCUT2D eigenvalue weighted by Gasteiger charge is -2.33. The lowest BCUT2D eigenvalue weighted by molar-refractivity contribution is 0.0930. The Hall–Kier alpha value is -3.40. The second-order valence-electron chi connectivity index (χ2n) is 6.33. The lowest BCUT2D eigenvalue weighted by atomic mass is 10.0. The number of imidazole rings is 1. The summed E-state index contributed by atoms with van der Waals surface area (Å²) in [5, 5.41) is 12.3. The molecular weight excluding hydrogens is 328 g/mol. The van der Waals surface area contributed by atoms with Crippen molar-refractivity contribution in [2.75, 3.05) is 18.0 Å². The number of aromatic nitrogens is 3. The number of nitrogens with one attached hydrogen (secondary N) is 1. The van der Waals surface area contributed by atoms with Gasteiger partial charge in [-0.05, 0) is 37.1 Å². The summed E-state index contributed by atoms with van der Waals surface area (Å²) in [4.78, 5) is 23.1. The molecule has 1 aliphatic rings. The Balaban J connectivity index is 1.39. The van der Waals surface area contributed by atoms with Crippen molar-refractivity contribution < 1.29 is 4.79 Å². The van der Waals surface area contributed by atoms with E-state index in [4.69, 9.17) is 0 Å². The van der Waals surface area contributed by atoms with Crippen LogP contribution in [-0.2, 0) is 0 Å². The van der Waals surface area contributed by atoms with E-state index < -0.39 is 0 Å². The third kappa shape index (κ3) is 3.09. The van der Waals surface area contributed by atoms with Gasteiger partial charge in [0.25, 0.3) is 5.91 Å². The fourth-order valence-electron chi connectivity index (χ4n) is 3.29. The molecule has 1 fully saturated rings. The third-order valence-electron chi connectivity index (χ3n) is 4.69. The van der Waals surface area contributed by atoms with Gasteiger partial charge >= 0.3 is 0 Å². The highest BCUT2D eigenvalue weighted by molar-refractivity contribution is 5.94. The van der Waals surface area contributed by atoms with Crippen LogP contribution in [0.5, 0.6) is 0 Å². The number of carbonyl (C=O) groups is 1. The van der Waals surface area contributed by atoms with Gasteiger partial charge in [-0.3, -0.25) is 4.79 Å². The lowest BCUT2D eigenvalue weighted by Crippen LogP contribution is -2.45. The zero-order chi connectivity index (χ0) is 17.9. The number of anilines is 1. The molecule has 1 N–H and O–H groups in total. The molecule has 4 rings (SSSR count). The Bertz CT molecular complexity index is 981. The number of hydrogen-bond donors (Lipinski definition) is 1. The Morgan fingerprint density at radius 2 is 2.04 bits per heavy atom. The molecular formula is C19H18N6O. The minimum atomic E-state index is -0.0744. The minimum absolute atomic E-state index is 0.0744. The van der Waals surface area contributed by atoms with Crippen LogP contribution in [0.25, 0.3) is 5.65 Å². The van der Waals surface area contributed by atoms with E-state index in [1.165, 1.54) is 0 Å². The first-order valence-corrected chi connectivity index (χ1v) is 8.58. The quantitative estimate of drug-likeness (QED) is 0.784. The molecule has 0 aliphatic carbocycles. The van der Waals surface area contributed by atoms with Gasteiger partial charge in [-0.25, -0.2) is 9.97 Å². The maximum absolute atomic E-state index is 12.5. The molecule has 1 amide bonds. The highest BCUT2D eigenvalue weighted by atomic mass is 16.1.